The molecule has 0 spiro atoms. The maximum atomic E-state index is 12.9. The van der Waals surface area contributed by atoms with Crippen molar-refractivity contribution in [3.8, 4) is 0 Å². The number of rotatable bonds is 5. The number of hydrogen-bond donors (Lipinski definition) is 0. The van der Waals surface area contributed by atoms with E-state index in [9.17, 15) is 9.59 Å². The van der Waals surface area contributed by atoms with Crippen LogP contribution < -0.4 is 0 Å². The smallest absolute Gasteiger partial charge is 0.254 e. The van der Waals surface area contributed by atoms with Gasteiger partial charge in [-0.1, -0.05) is 35.9 Å². The van der Waals surface area contributed by atoms with Crippen molar-refractivity contribution in [3.05, 3.63) is 70.2 Å². The SMILES string of the molecule is CC(c1ccc(Cl)cc1)N(C)C(=O)c1cccc(CN2CCCC2=O)c1. The number of hydrogen-bond acceptors (Lipinski definition) is 2. The molecular weight excluding hydrogens is 348 g/mol. The van der Waals surface area contributed by atoms with E-state index in [1.54, 1.807) is 11.9 Å². The Kier molecular flexibility index (Phi) is 5.62. The maximum Gasteiger partial charge on any atom is 0.254 e. The molecule has 1 fully saturated rings. The monoisotopic (exact) mass is 370 g/mol. The highest BCUT2D eigenvalue weighted by atomic mass is 35.5. The summed E-state index contributed by atoms with van der Waals surface area (Å²) in [6, 6.07) is 15.0. The molecule has 0 aliphatic carbocycles. The largest absolute Gasteiger partial charge is 0.338 e. The lowest BCUT2D eigenvalue weighted by atomic mass is 10.1. The molecule has 1 aliphatic rings. The summed E-state index contributed by atoms with van der Waals surface area (Å²) in [5.74, 6) is 0.150. The Balaban J connectivity index is 1.73. The zero-order valence-corrected chi connectivity index (χ0v) is 15.9. The quantitative estimate of drug-likeness (QED) is 0.787. The van der Waals surface area contributed by atoms with Crippen molar-refractivity contribution in [2.24, 2.45) is 0 Å². The fraction of sp³-hybridized carbons (Fsp3) is 0.333. The van der Waals surface area contributed by atoms with Gasteiger partial charge in [-0.05, 0) is 48.7 Å². The summed E-state index contributed by atoms with van der Waals surface area (Å²) in [5.41, 5.74) is 2.65. The molecule has 2 amide bonds. The summed E-state index contributed by atoms with van der Waals surface area (Å²) < 4.78 is 0. The molecule has 1 unspecified atom stereocenters. The van der Waals surface area contributed by atoms with E-state index < -0.39 is 0 Å². The number of likely N-dealkylation sites (tertiary alicyclic amines) is 1. The molecule has 1 heterocycles. The third-order valence-corrected chi connectivity index (χ3v) is 5.22. The number of nitrogens with zero attached hydrogens (tertiary/aromatic N) is 2. The molecule has 26 heavy (non-hydrogen) atoms. The minimum Gasteiger partial charge on any atom is -0.338 e. The van der Waals surface area contributed by atoms with E-state index in [-0.39, 0.29) is 17.9 Å². The van der Waals surface area contributed by atoms with Crippen LogP contribution in [0.25, 0.3) is 0 Å². The van der Waals surface area contributed by atoms with E-state index in [4.69, 9.17) is 11.6 Å². The van der Waals surface area contributed by atoms with Gasteiger partial charge in [-0.2, -0.15) is 0 Å². The molecule has 0 saturated carbocycles. The number of halogens is 1. The Hall–Kier alpha value is -2.33. The normalized spacial score (nSPS) is 15.2. The van der Waals surface area contributed by atoms with Crippen molar-refractivity contribution in [1.29, 1.82) is 0 Å². The first kappa shape index (κ1) is 18.5. The first-order valence-electron chi connectivity index (χ1n) is 8.85. The minimum atomic E-state index is -0.0661. The summed E-state index contributed by atoms with van der Waals surface area (Å²) in [7, 11) is 1.80. The zero-order chi connectivity index (χ0) is 18.7. The Labute approximate surface area is 159 Å². The second-order valence-corrected chi connectivity index (χ2v) is 7.20. The topological polar surface area (TPSA) is 40.6 Å². The van der Waals surface area contributed by atoms with Crippen molar-refractivity contribution in [1.82, 2.24) is 9.80 Å². The van der Waals surface area contributed by atoms with Gasteiger partial charge in [0.25, 0.3) is 5.91 Å². The second-order valence-electron chi connectivity index (χ2n) is 6.76. The summed E-state index contributed by atoms with van der Waals surface area (Å²) >= 11 is 5.94. The Bertz CT molecular complexity index is 804. The van der Waals surface area contributed by atoms with Crippen molar-refractivity contribution >= 4 is 23.4 Å². The molecule has 0 bridgehead atoms. The molecule has 136 valence electrons. The van der Waals surface area contributed by atoms with Gasteiger partial charge in [0.1, 0.15) is 0 Å². The van der Waals surface area contributed by atoms with Gasteiger partial charge in [-0.15, -0.1) is 0 Å². The van der Waals surface area contributed by atoms with Crippen LogP contribution in [0.15, 0.2) is 48.5 Å². The molecule has 0 N–H and O–H groups in total. The molecule has 0 aromatic heterocycles. The van der Waals surface area contributed by atoms with E-state index in [1.165, 1.54) is 0 Å². The lowest BCUT2D eigenvalue weighted by molar-refractivity contribution is -0.128. The summed E-state index contributed by atoms with van der Waals surface area (Å²) in [6.07, 6.45) is 1.54. The molecule has 2 aromatic rings. The van der Waals surface area contributed by atoms with Crippen molar-refractivity contribution in [3.63, 3.8) is 0 Å². The van der Waals surface area contributed by atoms with Gasteiger partial charge in [-0.3, -0.25) is 9.59 Å². The molecule has 3 rings (SSSR count). The summed E-state index contributed by atoms with van der Waals surface area (Å²) in [5, 5.41) is 0.680. The van der Waals surface area contributed by atoms with E-state index >= 15 is 0 Å². The summed E-state index contributed by atoms with van der Waals surface area (Å²) in [4.78, 5) is 28.3. The van der Waals surface area contributed by atoms with Crippen LogP contribution in [0.3, 0.4) is 0 Å². The fourth-order valence-corrected chi connectivity index (χ4v) is 3.36. The molecule has 1 saturated heterocycles. The highest BCUT2D eigenvalue weighted by Crippen LogP contribution is 2.23. The predicted octanol–water partition coefficient (Wildman–Crippen LogP) is 4.30. The highest BCUT2D eigenvalue weighted by Gasteiger charge is 2.22. The van der Waals surface area contributed by atoms with Gasteiger partial charge in [0.15, 0.2) is 0 Å². The molecule has 2 aromatic carbocycles. The van der Waals surface area contributed by atoms with Crippen molar-refractivity contribution < 1.29 is 9.59 Å². The predicted molar refractivity (Wildman–Crippen MR) is 103 cm³/mol. The Morgan fingerprint density at radius 1 is 1.23 bits per heavy atom. The van der Waals surface area contributed by atoms with Gasteiger partial charge in [0.05, 0.1) is 6.04 Å². The first-order chi connectivity index (χ1) is 12.5. The van der Waals surface area contributed by atoms with E-state index in [0.29, 0.717) is 23.6 Å². The van der Waals surface area contributed by atoms with Crippen LogP contribution in [0.1, 0.15) is 47.3 Å². The van der Waals surface area contributed by atoms with Crippen molar-refractivity contribution in [2.45, 2.75) is 32.4 Å². The van der Waals surface area contributed by atoms with E-state index in [1.807, 2.05) is 60.4 Å². The van der Waals surface area contributed by atoms with Crippen LogP contribution in [0.5, 0.6) is 0 Å². The standard InChI is InChI=1S/C21H23ClN2O2/c1-15(17-8-10-19(22)11-9-17)23(2)21(26)18-6-3-5-16(13-18)14-24-12-4-7-20(24)25/h3,5-6,8-11,13,15H,4,7,12,14H2,1-2H3. The minimum absolute atomic E-state index is 0.0398. The van der Waals surface area contributed by atoms with Gasteiger partial charge in [-0.25, -0.2) is 0 Å². The molecular formula is C21H23ClN2O2. The van der Waals surface area contributed by atoms with Gasteiger partial charge in [0, 0.05) is 37.1 Å². The Morgan fingerprint density at radius 3 is 2.62 bits per heavy atom. The van der Waals surface area contributed by atoms with Crippen LogP contribution in [-0.4, -0.2) is 35.2 Å². The third kappa shape index (κ3) is 4.07. The van der Waals surface area contributed by atoms with E-state index in [0.717, 1.165) is 24.1 Å². The second kappa shape index (κ2) is 7.92. The number of carbonyl (C=O) groups excluding carboxylic acids is 2. The molecule has 1 aliphatic heterocycles. The number of amides is 2. The number of benzene rings is 2. The Morgan fingerprint density at radius 2 is 1.96 bits per heavy atom. The first-order valence-corrected chi connectivity index (χ1v) is 9.23. The van der Waals surface area contributed by atoms with Gasteiger partial charge < -0.3 is 9.80 Å². The summed E-state index contributed by atoms with van der Waals surface area (Å²) in [6.45, 7) is 3.36. The molecule has 1 atom stereocenters. The van der Waals surface area contributed by atoms with Crippen LogP contribution in [0, 0.1) is 0 Å². The van der Waals surface area contributed by atoms with Gasteiger partial charge >= 0.3 is 0 Å². The maximum absolute atomic E-state index is 12.9. The van der Waals surface area contributed by atoms with Crippen LogP contribution >= 0.6 is 11.6 Å². The van der Waals surface area contributed by atoms with Crippen LogP contribution in [0.2, 0.25) is 5.02 Å². The molecule has 4 nitrogen and oxygen atoms in total. The fourth-order valence-electron chi connectivity index (χ4n) is 3.24. The van der Waals surface area contributed by atoms with Crippen LogP contribution in [-0.2, 0) is 11.3 Å². The third-order valence-electron chi connectivity index (χ3n) is 4.97. The van der Waals surface area contributed by atoms with Crippen LogP contribution in [0.4, 0.5) is 0 Å². The zero-order valence-electron chi connectivity index (χ0n) is 15.1. The number of carbonyl (C=O) groups is 2. The highest BCUT2D eigenvalue weighted by molar-refractivity contribution is 6.30. The van der Waals surface area contributed by atoms with Crippen molar-refractivity contribution in [2.75, 3.05) is 13.6 Å². The molecule has 0 radical (unpaired) electrons. The van der Waals surface area contributed by atoms with Gasteiger partial charge in [0.2, 0.25) is 5.91 Å². The lowest BCUT2D eigenvalue weighted by Gasteiger charge is -2.26. The van der Waals surface area contributed by atoms with E-state index in [2.05, 4.69) is 0 Å². The average Bonchev–Trinajstić information content (AvgIpc) is 3.05. The lowest BCUT2D eigenvalue weighted by Crippen LogP contribution is -2.30. The molecule has 5 heteroatoms. The average molecular weight is 371 g/mol.